The van der Waals surface area contributed by atoms with Crippen LogP contribution in [-0.2, 0) is 0 Å². The van der Waals surface area contributed by atoms with Crippen LogP contribution in [0.15, 0.2) is 34.8 Å². The van der Waals surface area contributed by atoms with Crippen molar-refractivity contribution in [3.8, 4) is 5.75 Å². The molecule has 0 radical (unpaired) electrons. The van der Waals surface area contributed by atoms with Gasteiger partial charge in [-0.15, -0.1) is 0 Å². The van der Waals surface area contributed by atoms with Crippen LogP contribution in [0, 0.1) is 13.8 Å². The number of benzene rings is 2. The molecule has 0 heterocycles. The van der Waals surface area contributed by atoms with Crippen LogP contribution in [0.3, 0.4) is 0 Å². The zero-order valence-electron chi connectivity index (χ0n) is 12.1. The van der Waals surface area contributed by atoms with Gasteiger partial charge >= 0.3 is 0 Å². The molecule has 2 rings (SSSR count). The van der Waals surface area contributed by atoms with Crippen LogP contribution < -0.4 is 11.1 Å². The zero-order chi connectivity index (χ0) is 16.4. The molecule has 0 fully saturated rings. The minimum Gasteiger partial charge on any atom is -0.507 e. The Morgan fingerprint density at radius 2 is 1.68 bits per heavy atom. The number of nitrogen functional groups attached to an aromatic ring is 1. The highest BCUT2D eigenvalue weighted by molar-refractivity contribution is 9.10. The average Bonchev–Trinajstić information content (AvgIpc) is 2.46. The Morgan fingerprint density at radius 1 is 1.09 bits per heavy atom. The predicted molar refractivity (Wildman–Crippen MR) is 87.9 cm³/mol. The number of phenols is 1. The van der Waals surface area contributed by atoms with Crippen LogP contribution in [0.4, 0.5) is 5.69 Å². The van der Waals surface area contributed by atoms with Crippen LogP contribution in [0.5, 0.6) is 5.75 Å². The van der Waals surface area contributed by atoms with Crippen LogP contribution in [0.1, 0.15) is 31.8 Å². The summed E-state index contributed by atoms with van der Waals surface area (Å²) in [4.78, 5) is 24.3. The second-order valence-electron chi connectivity index (χ2n) is 4.97. The maximum absolute atomic E-state index is 12.2. The fraction of sp³-hybridized carbons (Fsp3) is 0.125. The number of anilines is 1. The van der Waals surface area contributed by atoms with Crippen LogP contribution in [-0.4, -0.2) is 16.9 Å². The number of hydrogen-bond donors (Lipinski definition) is 3. The number of phenolic OH excluding ortho intramolecular Hbond substituents is 1. The first-order chi connectivity index (χ1) is 10.3. The summed E-state index contributed by atoms with van der Waals surface area (Å²) in [5.74, 6) is -0.984. The number of carbonyl (C=O) groups is 2. The standard InChI is InChI=1S/C16H15BrN2O3/c1-8-5-10(6-9(2)14(8)20)15(21)19-16(22)12-7-11(17)3-4-13(12)18/h3-7,20H,18H2,1-2H3,(H,19,21,22). The van der Waals surface area contributed by atoms with Gasteiger partial charge < -0.3 is 10.8 Å². The lowest BCUT2D eigenvalue weighted by molar-refractivity contribution is 0.0849. The quantitative estimate of drug-likeness (QED) is 0.565. The molecule has 2 amide bonds. The maximum Gasteiger partial charge on any atom is 0.260 e. The van der Waals surface area contributed by atoms with E-state index in [-0.39, 0.29) is 17.0 Å². The van der Waals surface area contributed by atoms with E-state index in [4.69, 9.17) is 5.73 Å². The number of rotatable bonds is 2. The highest BCUT2D eigenvalue weighted by Gasteiger charge is 2.16. The predicted octanol–water partition coefficient (Wildman–Crippen LogP) is 2.92. The first-order valence-corrected chi connectivity index (χ1v) is 7.30. The monoisotopic (exact) mass is 362 g/mol. The van der Waals surface area contributed by atoms with Crippen molar-refractivity contribution < 1.29 is 14.7 Å². The van der Waals surface area contributed by atoms with Crippen molar-refractivity contribution in [3.05, 3.63) is 57.1 Å². The summed E-state index contributed by atoms with van der Waals surface area (Å²) in [6.07, 6.45) is 0. The number of imide groups is 1. The fourth-order valence-electron chi connectivity index (χ4n) is 2.05. The molecule has 22 heavy (non-hydrogen) atoms. The van der Waals surface area contributed by atoms with Crippen molar-refractivity contribution in [3.63, 3.8) is 0 Å². The molecule has 114 valence electrons. The van der Waals surface area contributed by atoms with Gasteiger partial charge in [0.15, 0.2) is 0 Å². The smallest absolute Gasteiger partial charge is 0.260 e. The number of amides is 2. The molecule has 0 aliphatic rings. The van der Waals surface area contributed by atoms with Crippen molar-refractivity contribution in [2.45, 2.75) is 13.8 Å². The van der Waals surface area contributed by atoms with Crippen molar-refractivity contribution in [1.29, 1.82) is 0 Å². The molecule has 0 saturated heterocycles. The molecular weight excluding hydrogens is 348 g/mol. The van der Waals surface area contributed by atoms with E-state index in [1.54, 1.807) is 32.0 Å². The average molecular weight is 363 g/mol. The molecule has 4 N–H and O–H groups in total. The van der Waals surface area contributed by atoms with Crippen LogP contribution in [0.2, 0.25) is 0 Å². The summed E-state index contributed by atoms with van der Waals surface area (Å²) in [5.41, 5.74) is 7.69. The number of carbonyl (C=O) groups excluding carboxylic acids is 2. The Labute approximate surface area is 136 Å². The molecule has 5 nitrogen and oxygen atoms in total. The van der Waals surface area contributed by atoms with Crippen molar-refractivity contribution in [2.24, 2.45) is 0 Å². The Bertz CT molecular complexity index is 749. The molecule has 0 spiro atoms. The third-order valence-electron chi connectivity index (χ3n) is 3.24. The lowest BCUT2D eigenvalue weighted by atomic mass is 10.0. The molecule has 2 aromatic carbocycles. The van der Waals surface area contributed by atoms with Gasteiger partial charge in [0, 0.05) is 15.7 Å². The number of aromatic hydroxyl groups is 1. The van der Waals surface area contributed by atoms with E-state index in [0.29, 0.717) is 21.2 Å². The Morgan fingerprint density at radius 3 is 2.27 bits per heavy atom. The lowest BCUT2D eigenvalue weighted by Gasteiger charge is -2.09. The van der Waals surface area contributed by atoms with Gasteiger partial charge in [-0.25, -0.2) is 0 Å². The van der Waals surface area contributed by atoms with Crippen molar-refractivity contribution in [1.82, 2.24) is 5.32 Å². The highest BCUT2D eigenvalue weighted by Crippen LogP contribution is 2.23. The van der Waals surface area contributed by atoms with E-state index in [1.807, 2.05) is 0 Å². The van der Waals surface area contributed by atoms with E-state index in [1.165, 1.54) is 12.1 Å². The minimum atomic E-state index is -0.577. The summed E-state index contributed by atoms with van der Waals surface area (Å²) in [6, 6.07) is 7.88. The second kappa shape index (κ2) is 6.19. The fourth-order valence-corrected chi connectivity index (χ4v) is 2.42. The molecule has 6 heteroatoms. The molecule has 2 aromatic rings. The largest absolute Gasteiger partial charge is 0.507 e. The number of nitrogens with one attached hydrogen (secondary N) is 1. The van der Waals surface area contributed by atoms with Gasteiger partial charge in [0.05, 0.1) is 5.56 Å². The van der Waals surface area contributed by atoms with Crippen molar-refractivity contribution >= 4 is 33.4 Å². The van der Waals surface area contributed by atoms with E-state index in [2.05, 4.69) is 21.2 Å². The second-order valence-corrected chi connectivity index (χ2v) is 5.89. The third-order valence-corrected chi connectivity index (χ3v) is 3.73. The summed E-state index contributed by atoms with van der Waals surface area (Å²) in [7, 11) is 0. The number of halogens is 1. The van der Waals surface area contributed by atoms with Gasteiger partial charge in [0.25, 0.3) is 11.8 Å². The number of nitrogens with two attached hydrogens (primary N) is 1. The first-order valence-electron chi connectivity index (χ1n) is 6.50. The Kier molecular flexibility index (Phi) is 4.51. The SMILES string of the molecule is Cc1cc(C(=O)NC(=O)c2cc(Br)ccc2N)cc(C)c1O. The molecule has 0 bridgehead atoms. The summed E-state index contributed by atoms with van der Waals surface area (Å²) in [5, 5.41) is 12.0. The van der Waals surface area contributed by atoms with Gasteiger partial charge in [0.1, 0.15) is 5.75 Å². The van der Waals surface area contributed by atoms with Gasteiger partial charge in [-0.3, -0.25) is 14.9 Å². The van der Waals surface area contributed by atoms with E-state index < -0.39 is 11.8 Å². The topological polar surface area (TPSA) is 92.4 Å². The maximum atomic E-state index is 12.2. The van der Waals surface area contributed by atoms with Crippen LogP contribution in [0.25, 0.3) is 0 Å². The molecule has 0 aromatic heterocycles. The number of aryl methyl sites for hydroxylation is 2. The van der Waals surface area contributed by atoms with Crippen LogP contribution >= 0.6 is 15.9 Å². The minimum absolute atomic E-state index is 0.138. The van der Waals surface area contributed by atoms with E-state index in [9.17, 15) is 14.7 Å². The normalized spacial score (nSPS) is 10.3. The van der Waals surface area contributed by atoms with Crippen molar-refractivity contribution in [2.75, 3.05) is 5.73 Å². The molecule has 0 atom stereocenters. The molecule has 0 aliphatic carbocycles. The lowest BCUT2D eigenvalue weighted by Crippen LogP contribution is -2.31. The third kappa shape index (κ3) is 3.28. The molecule has 0 saturated carbocycles. The molecule has 0 aliphatic heterocycles. The summed E-state index contributed by atoms with van der Waals surface area (Å²) < 4.78 is 0.690. The van der Waals surface area contributed by atoms with Gasteiger partial charge in [-0.1, -0.05) is 15.9 Å². The Balaban J connectivity index is 2.25. The van der Waals surface area contributed by atoms with E-state index in [0.717, 1.165) is 0 Å². The first kappa shape index (κ1) is 16.0. The summed E-state index contributed by atoms with van der Waals surface area (Å²) >= 11 is 3.25. The van der Waals surface area contributed by atoms with Gasteiger partial charge in [-0.05, 0) is 55.3 Å². The highest BCUT2D eigenvalue weighted by atomic mass is 79.9. The van der Waals surface area contributed by atoms with Gasteiger partial charge in [-0.2, -0.15) is 0 Å². The molecule has 0 unspecified atom stereocenters. The summed E-state index contributed by atoms with van der Waals surface area (Å²) in [6.45, 7) is 3.38. The number of hydrogen-bond acceptors (Lipinski definition) is 4. The Hall–Kier alpha value is -2.34. The zero-order valence-corrected chi connectivity index (χ0v) is 13.7. The molecular formula is C16H15BrN2O3. The van der Waals surface area contributed by atoms with E-state index >= 15 is 0 Å². The van der Waals surface area contributed by atoms with Gasteiger partial charge in [0.2, 0.25) is 0 Å².